The number of aromatic nitrogens is 3. The molecule has 1 atom stereocenters. The second kappa shape index (κ2) is 7.53. The fourth-order valence-electron chi connectivity index (χ4n) is 4.49. The topological polar surface area (TPSA) is 39.9 Å². The molecule has 0 radical (unpaired) electrons. The fraction of sp³-hybridized carbons (Fsp3) is 0.700. The second-order valence-corrected chi connectivity index (χ2v) is 7.96. The Hall–Kier alpha value is -1.66. The zero-order valence-corrected chi connectivity index (χ0v) is 16.4. The number of anilines is 1. The number of aryl methyl sites for hydroxylation is 1. The highest BCUT2D eigenvalue weighted by atomic mass is 15.3. The van der Waals surface area contributed by atoms with Crippen LogP contribution in [0.2, 0.25) is 0 Å². The molecule has 2 aromatic rings. The molecular weight excluding hydrogens is 324 g/mol. The third kappa shape index (κ3) is 3.45. The summed E-state index contributed by atoms with van der Waals surface area (Å²) in [5.74, 6) is 2.01. The van der Waals surface area contributed by atoms with Gasteiger partial charge in [0.05, 0.1) is 6.20 Å². The Bertz CT molecular complexity index is 725. The molecule has 2 fully saturated rings. The van der Waals surface area contributed by atoms with Crippen LogP contribution in [-0.4, -0.2) is 76.8 Å². The van der Waals surface area contributed by atoms with Gasteiger partial charge in [-0.2, -0.15) is 9.61 Å². The summed E-state index contributed by atoms with van der Waals surface area (Å²) in [6.45, 7) is 11.7. The lowest BCUT2D eigenvalue weighted by Gasteiger charge is -2.43. The SMILES string of the molecule is CCc1cc(N2CCC(C(C)N3CCN(C)CC3)CC2)n2nccc2n1. The van der Waals surface area contributed by atoms with Gasteiger partial charge in [-0.25, -0.2) is 4.98 Å². The Morgan fingerprint density at radius 2 is 1.85 bits per heavy atom. The molecule has 2 aromatic heterocycles. The Kier molecular flexibility index (Phi) is 5.14. The molecule has 6 nitrogen and oxygen atoms in total. The minimum atomic E-state index is 0.694. The predicted molar refractivity (Wildman–Crippen MR) is 106 cm³/mol. The highest BCUT2D eigenvalue weighted by Gasteiger charge is 2.30. The fourth-order valence-corrected chi connectivity index (χ4v) is 4.49. The molecule has 4 heterocycles. The number of fused-ring (bicyclic) bond motifs is 1. The zero-order valence-electron chi connectivity index (χ0n) is 16.4. The first-order chi connectivity index (χ1) is 12.7. The normalized spacial score (nSPS) is 22.2. The molecule has 142 valence electrons. The van der Waals surface area contributed by atoms with E-state index in [-0.39, 0.29) is 0 Å². The first-order valence-electron chi connectivity index (χ1n) is 10.2. The van der Waals surface area contributed by atoms with Crippen molar-refractivity contribution in [1.29, 1.82) is 0 Å². The molecule has 0 saturated carbocycles. The maximum Gasteiger partial charge on any atom is 0.157 e. The van der Waals surface area contributed by atoms with Gasteiger partial charge < -0.3 is 9.80 Å². The van der Waals surface area contributed by atoms with E-state index in [0.29, 0.717) is 6.04 Å². The van der Waals surface area contributed by atoms with E-state index < -0.39 is 0 Å². The molecule has 2 aliphatic heterocycles. The largest absolute Gasteiger partial charge is 0.356 e. The van der Waals surface area contributed by atoms with Crippen LogP contribution in [0.5, 0.6) is 0 Å². The molecule has 0 spiro atoms. The van der Waals surface area contributed by atoms with Gasteiger partial charge in [-0.15, -0.1) is 0 Å². The van der Waals surface area contributed by atoms with Crippen LogP contribution < -0.4 is 4.90 Å². The Labute approximate surface area is 156 Å². The van der Waals surface area contributed by atoms with E-state index in [4.69, 9.17) is 0 Å². The van der Waals surface area contributed by atoms with Gasteiger partial charge in [0, 0.05) is 63.1 Å². The lowest BCUT2D eigenvalue weighted by Crippen LogP contribution is -2.51. The monoisotopic (exact) mass is 356 g/mol. The highest BCUT2D eigenvalue weighted by Crippen LogP contribution is 2.28. The van der Waals surface area contributed by atoms with E-state index in [1.807, 2.05) is 16.8 Å². The number of hydrogen-bond acceptors (Lipinski definition) is 5. The van der Waals surface area contributed by atoms with Gasteiger partial charge in [0.2, 0.25) is 0 Å². The van der Waals surface area contributed by atoms with E-state index in [9.17, 15) is 0 Å². The van der Waals surface area contributed by atoms with Gasteiger partial charge in [-0.3, -0.25) is 4.90 Å². The molecule has 0 bridgehead atoms. The lowest BCUT2D eigenvalue weighted by molar-refractivity contribution is 0.0813. The van der Waals surface area contributed by atoms with Crippen LogP contribution in [0.1, 0.15) is 32.4 Å². The van der Waals surface area contributed by atoms with Crippen molar-refractivity contribution in [3.05, 3.63) is 24.0 Å². The minimum absolute atomic E-state index is 0.694. The van der Waals surface area contributed by atoms with Gasteiger partial charge >= 0.3 is 0 Å². The van der Waals surface area contributed by atoms with Crippen molar-refractivity contribution >= 4 is 11.5 Å². The summed E-state index contributed by atoms with van der Waals surface area (Å²) in [6, 6.07) is 4.92. The van der Waals surface area contributed by atoms with E-state index in [1.54, 1.807) is 0 Å². The van der Waals surface area contributed by atoms with Crippen molar-refractivity contribution in [3.8, 4) is 0 Å². The summed E-state index contributed by atoms with van der Waals surface area (Å²) in [5.41, 5.74) is 2.12. The van der Waals surface area contributed by atoms with Crippen LogP contribution >= 0.6 is 0 Å². The van der Waals surface area contributed by atoms with Crippen LogP contribution in [0.4, 0.5) is 5.82 Å². The average Bonchev–Trinajstić information content (AvgIpc) is 3.16. The number of piperazine rings is 1. The smallest absolute Gasteiger partial charge is 0.157 e. The predicted octanol–water partition coefficient (Wildman–Crippen LogP) is 2.14. The molecule has 0 aliphatic carbocycles. The van der Waals surface area contributed by atoms with Crippen molar-refractivity contribution in [2.75, 3.05) is 51.2 Å². The standard InChI is InChI=1S/C20H32N6/c1-4-18-15-20(26-19(22-18)5-8-21-26)25-9-6-17(7-10-25)16(2)24-13-11-23(3)12-14-24/h5,8,15-17H,4,6-7,9-14H2,1-3H3. The molecular formula is C20H32N6. The molecule has 0 N–H and O–H groups in total. The van der Waals surface area contributed by atoms with Crippen molar-refractivity contribution < 1.29 is 0 Å². The van der Waals surface area contributed by atoms with Crippen molar-refractivity contribution in [3.63, 3.8) is 0 Å². The number of nitrogens with zero attached hydrogens (tertiary/aromatic N) is 6. The maximum absolute atomic E-state index is 4.68. The van der Waals surface area contributed by atoms with Crippen LogP contribution in [0.3, 0.4) is 0 Å². The van der Waals surface area contributed by atoms with Crippen LogP contribution in [0.25, 0.3) is 5.65 Å². The van der Waals surface area contributed by atoms with Crippen LogP contribution in [0.15, 0.2) is 18.3 Å². The Morgan fingerprint density at radius 1 is 1.12 bits per heavy atom. The number of piperidine rings is 1. The van der Waals surface area contributed by atoms with E-state index in [0.717, 1.165) is 36.8 Å². The number of rotatable bonds is 4. The molecule has 6 heteroatoms. The van der Waals surface area contributed by atoms with E-state index in [1.165, 1.54) is 44.8 Å². The molecule has 1 unspecified atom stereocenters. The quantitative estimate of drug-likeness (QED) is 0.839. The van der Waals surface area contributed by atoms with Crippen molar-refractivity contribution in [1.82, 2.24) is 24.4 Å². The third-order valence-electron chi connectivity index (χ3n) is 6.42. The summed E-state index contributed by atoms with van der Waals surface area (Å²) < 4.78 is 2.00. The lowest BCUT2D eigenvalue weighted by atomic mass is 9.89. The summed E-state index contributed by atoms with van der Waals surface area (Å²) in [6.07, 6.45) is 5.35. The van der Waals surface area contributed by atoms with Crippen LogP contribution in [0, 0.1) is 5.92 Å². The highest BCUT2D eigenvalue weighted by molar-refractivity contribution is 5.51. The summed E-state index contributed by atoms with van der Waals surface area (Å²) in [5, 5.41) is 4.50. The van der Waals surface area contributed by atoms with Gasteiger partial charge in [0.15, 0.2) is 5.65 Å². The zero-order chi connectivity index (χ0) is 18.1. The third-order valence-corrected chi connectivity index (χ3v) is 6.42. The maximum atomic E-state index is 4.68. The summed E-state index contributed by atoms with van der Waals surface area (Å²) in [7, 11) is 2.23. The molecule has 4 rings (SSSR count). The number of likely N-dealkylation sites (N-methyl/N-ethyl adjacent to an activating group) is 1. The summed E-state index contributed by atoms with van der Waals surface area (Å²) >= 11 is 0. The van der Waals surface area contributed by atoms with E-state index >= 15 is 0 Å². The van der Waals surface area contributed by atoms with Crippen molar-refractivity contribution in [2.24, 2.45) is 5.92 Å². The van der Waals surface area contributed by atoms with Gasteiger partial charge in [0.25, 0.3) is 0 Å². The van der Waals surface area contributed by atoms with Gasteiger partial charge in [0.1, 0.15) is 5.82 Å². The summed E-state index contributed by atoms with van der Waals surface area (Å²) in [4.78, 5) is 12.3. The molecule has 0 amide bonds. The minimum Gasteiger partial charge on any atom is -0.356 e. The first-order valence-corrected chi connectivity index (χ1v) is 10.2. The van der Waals surface area contributed by atoms with Gasteiger partial charge in [-0.1, -0.05) is 6.92 Å². The first kappa shape index (κ1) is 17.7. The second-order valence-electron chi connectivity index (χ2n) is 7.96. The van der Waals surface area contributed by atoms with Crippen molar-refractivity contribution in [2.45, 2.75) is 39.2 Å². The Balaban J connectivity index is 1.43. The molecule has 2 aliphatic rings. The average molecular weight is 357 g/mol. The molecule has 2 saturated heterocycles. The van der Waals surface area contributed by atoms with E-state index in [2.05, 4.69) is 51.7 Å². The number of hydrogen-bond donors (Lipinski definition) is 0. The Morgan fingerprint density at radius 3 is 2.54 bits per heavy atom. The molecule has 0 aromatic carbocycles. The van der Waals surface area contributed by atoms with Gasteiger partial charge in [-0.05, 0) is 39.2 Å². The van der Waals surface area contributed by atoms with Crippen LogP contribution in [-0.2, 0) is 6.42 Å². The molecule has 26 heavy (non-hydrogen) atoms.